The van der Waals surface area contributed by atoms with E-state index >= 15 is 0 Å². The van der Waals surface area contributed by atoms with Crippen LogP contribution in [0.25, 0.3) is 0 Å². The largest absolute Gasteiger partial charge is 0.325 e. The van der Waals surface area contributed by atoms with E-state index in [1.54, 1.807) is 6.92 Å². The van der Waals surface area contributed by atoms with Crippen molar-refractivity contribution in [2.24, 2.45) is 5.73 Å². The first-order valence-electron chi connectivity index (χ1n) is 4.18. The van der Waals surface area contributed by atoms with Gasteiger partial charge in [0.1, 0.15) is 5.67 Å². The topological polar surface area (TPSA) is 29.3 Å². The SMILES string of the molecule is CC(N)C1(F)CCN(C)CC1. The quantitative estimate of drug-likeness (QED) is 0.614. The maximum Gasteiger partial charge on any atom is 0.128 e. The first-order chi connectivity index (χ1) is 5.04. The molecule has 1 atom stereocenters. The van der Waals surface area contributed by atoms with Gasteiger partial charge in [-0.1, -0.05) is 0 Å². The van der Waals surface area contributed by atoms with Gasteiger partial charge in [0.15, 0.2) is 0 Å². The molecule has 0 aliphatic carbocycles. The maximum atomic E-state index is 13.7. The van der Waals surface area contributed by atoms with Crippen LogP contribution in [0.4, 0.5) is 4.39 Å². The summed E-state index contributed by atoms with van der Waals surface area (Å²) in [6.45, 7) is 3.42. The van der Waals surface area contributed by atoms with Crippen LogP contribution < -0.4 is 5.73 Å². The van der Waals surface area contributed by atoms with Gasteiger partial charge in [-0.2, -0.15) is 0 Å². The van der Waals surface area contributed by atoms with Gasteiger partial charge in [-0.05, 0) is 26.8 Å². The lowest BCUT2D eigenvalue weighted by Gasteiger charge is -2.36. The Morgan fingerprint density at radius 2 is 1.91 bits per heavy atom. The highest BCUT2D eigenvalue weighted by atomic mass is 19.1. The molecule has 0 aromatic carbocycles. The number of rotatable bonds is 1. The summed E-state index contributed by atoms with van der Waals surface area (Å²) in [5, 5.41) is 0. The molecule has 0 amide bonds. The highest BCUT2D eigenvalue weighted by molar-refractivity contribution is 4.91. The van der Waals surface area contributed by atoms with Gasteiger partial charge in [-0.25, -0.2) is 4.39 Å². The van der Waals surface area contributed by atoms with E-state index in [4.69, 9.17) is 5.73 Å². The van der Waals surface area contributed by atoms with Gasteiger partial charge in [0.05, 0.1) is 0 Å². The maximum absolute atomic E-state index is 13.7. The van der Waals surface area contributed by atoms with Gasteiger partial charge in [0.25, 0.3) is 0 Å². The van der Waals surface area contributed by atoms with E-state index in [0.29, 0.717) is 12.8 Å². The van der Waals surface area contributed by atoms with Crippen LogP contribution in [0.1, 0.15) is 19.8 Å². The first-order valence-corrected chi connectivity index (χ1v) is 4.18. The summed E-state index contributed by atoms with van der Waals surface area (Å²) in [7, 11) is 2.01. The van der Waals surface area contributed by atoms with Gasteiger partial charge in [0.2, 0.25) is 0 Å². The Morgan fingerprint density at radius 3 is 2.27 bits per heavy atom. The van der Waals surface area contributed by atoms with Crippen LogP contribution in [0.2, 0.25) is 0 Å². The van der Waals surface area contributed by atoms with Crippen molar-refractivity contribution < 1.29 is 4.39 Å². The predicted molar refractivity (Wildman–Crippen MR) is 44.2 cm³/mol. The molecule has 0 aromatic rings. The molecular formula is C8H17FN2. The minimum atomic E-state index is -1.10. The lowest BCUT2D eigenvalue weighted by molar-refractivity contribution is 0.0503. The number of hydrogen-bond donors (Lipinski definition) is 1. The molecule has 0 spiro atoms. The highest BCUT2D eigenvalue weighted by Crippen LogP contribution is 2.28. The van der Waals surface area contributed by atoms with E-state index in [1.807, 2.05) is 7.05 Å². The first kappa shape index (κ1) is 8.94. The second-order valence-electron chi connectivity index (χ2n) is 3.63. The molecule has 1 rings (SSSR count). The molecule has 1 aliphatic heterocycles. The number of hydrogen-bond acceptors (Lipinski definition) is 2. The average Bonchev–Trinajstić information content (AvgIpc) is 1.95. The Kier molecular flexibility index (Phi) is 2.50. The van der Waals surface area contributed by atoms with Crippen LogP contribution in [0.15, 0.2) is 0 Å². The molecule has 11 heavy (non-hydrogen) atoms. The highest BCUT2D eigenvalue weighted by Gasteiger charge is 2.36. The third kappa shape index (κ3) is 1.91. The minimum absolute atomic E-state index is 0.323. The molecule has 3 heteroatoms. The number of halogens is 1. The van der Waals surface area contributed by atoms with Crippen molar-refractivity contribution in [3.63, 3.8) is 0 Å². The zero-order chi connectivity index (χ0) is 8.48. The van der Waals surface area contributed by atoms with Crippen LogP contribution in [-0.2, 0) is 0 Å². The van der Waals surface area contributed by atoms with Gasteiger partial charge in [-0.3, -0.25) is 0 Å². The van der Waals surface area contributed by atoms with Gasteiger partial charge in [-0.15, -0.1) is 0 Å². The molecule has 0 saturated carbocycles. The van der Waals surface area contributed by atoms with Crippen molar-refractivity contribution in [1.29, 1.82) is 0 Å². The smallest absolute Gasteiger partial charge is 0.128 e. The third-order valence-electron chi connectivity index (χ3n) is 2.63. The lowest BCUT2D eigenvalue weighted by Crippen LogP contribution is -2.49. The molecule has 1 fully saturated rings. The molecule has 2 nitrogen and oxygen atoms in total. The molecule has 0 bridgehead atoms. The number of likely N-dealkylation sites (tertiary alicyclic amines) is 1. The number of nitrogens with two attached hydrogens (primary N) is 1. The van der Waals surface area contributed by atoms with Crippen LogP contribution in [0, 0.1) is 0 Å². The fraction of sp³-hybridized carbons (Fsp3) is 1.00. The molecule has 0 radical (unpaired) electrons. The van der Waals surface area contributed by atoms with E-state index in [0.717, 1.165) is 13.1 Å². The second kappa shape index (κ2) is 3.07. The predicted octanol–water partition coefficient (Wildman–Crippen LogP) is 0.767. The van der Waals surface area contributed by atoms with Crippen molar-refractivity contribution in [3.8, 4) is 0 Å². The molecule has 1 saturated heterocycles. The van der Waals surface area contributed by atoms with Crippen molar-refractivity contribution in [2.45, 2.75) is 31.5 Å². The van der Waals surface area contributed by atoms with Crippen molar-refractivity contribution in [2.75, 3.05) is 20.1 Å². The second-order valence-corrected chi connectivity index (χ2v) is 3.63. The molecule has 1 unspecified atom stereocenters. The fourth-order valence-electron chi connectivity index (χ4n) is 1.45. The average molecular weight is 160 g/mol. The lowest BCUT2D eigenvalue weighted by atomic mass is 9.88. The zero-order valence-corrected chi connectivity index (χ0v) is 7.31. The summed E-state index contributed by atoms with van der Waals surface area (Å²) in [5.74, 6) is 0. The summed E-state index contributed by atoms with van der Waals surface area (Å²) >= 11 is 0. The standard InChI is InChI=1S/C8H17FN2/c1-7(10)8(9)3-5-11(2)6-4-8/h7H,3-6,10H2,1-2H3. The van der Waals surface area contributed by atoms with Crippen LogP contribution in [0.3, 0.4) is 0 Å². The van der Waals surface area contributed by atoms with E-state index in [-0.39, 0.29) is 6.04 Å². The normalized spacial score (nSPS) is 28.4. The van der Waals surface area contributed by atoms with Crippen molar-refractivity contribution in [3.05, 3.63) is 0 Å². The number of piperidine rings is 1. The third-order valence-corrected chi connectivity index (χ3v) is 2.63. The fourth-order valence-corrected chi connectivity index (χ4v) is 1.45. The van der Waals surface area contributed by atoms with E-state index < -0.39 is 5.67 Å². The Bertz CT molecular complexity index is 128. The van der Waals surface area contributed by atoms with E-state index in [2.05, 4.69) is 4.90 Å². The number of alkyl halides is 1. The van der Waals surface area contributed by atoms with Gasteiger partial charge >= 0.3 is 0 Å². The van der Waals surface area contributed by atoms with Crippen molar-refractivity contribution in [1.82, 2.24) is 4.90 Å². The summed E-state index contributed by atoms with van der Waals surface area (Å²) in [4.78, 5) is 2.14. The van der Waals surface area contributed by atoms with E-state index in [9.17, 15) is 4.39 Å². The van der Waals surface area contributed by atoms with Crippen molar-refractivity contribution >= 4 is 0 Å². The minimum Gasteiger partial charge on any atom is -0.325 e. The Hall–Kier alpha value is -0.150. The Balaban J connectivity index is 2.48. The summed E-state index contributed by atoms with van der Waals surface area (Å²) < 4.78 is 13.7. The molecule has 66 valence electrons. The molecule has 1 aliphatic rings. The van der Waals surface area contributed by atoms with Crippen LogP contribution in [0.5, 0.6) is 0 Å². The molecular weight excluding hydrogens is 143 g/mol. The summed E-state index contributed by atoms with van der Waals surface area (Å²) in [6, 6.07) is -0.323. The zero-order valence-electron chi connectivity index (χ0n) is 7.31. The molecule has 2 N–H and O–H groups in total. The van der Waals surface area contributed by atoms with Gasteiger partial charge in [0, 0.05) is 19.1 Å². The summed E-state index contributed by atoms with van der Waals surface area (Å²) in [5.41, 5.74) is 4.45. The molecule has 1 heterocycles. The number of nitrogens with zero attached hydrogens (tertiary/aromatic N) is 1. The van der Waals surface area contributed by atoms with E-state index in [1.165, 1.54) is 0 Å². The summed E-state index contributed by atoms with van der Waals surface area (Å²) in [6.07, 6.45) is 1.17. The monoisotopic (exact) mass is 160 g/mol. The Labute approximate surface area is 67.6 Å². The van der Waals surface area contributed by atoms with Gasteiger partial charge < -0.3 is 10.6 Å². The van der Waals surface area contributed by atoms with Crippen LogP contribution in [-0.4, -0.2) is 36.7 Å². The molecule has 0 aromatic heterocycles. The van der Waals surface area contributed by atoms with Crippen LogP contribution >= 0.6 is 0 Å². The Morgan fingerprint density at radius 1 is 1.45 bits per heavy atom.